The molecule has 0 atom stereocenters. The number of rotatable bonds is 8. The Morgan fingerprint density at radius 2 is 1.60 bits per heavy atom. The van der Waals surface area contributed by atoms with E-state index in [4.69, 9.17) is 14.2 Å². The molecule has 0 bridgehead atoms. The van der Waals surface area contributed by atoms with Crippen molar-refractivity contribution < 1.29 is 27.4 Å². The lowest BCUT2D eigenvalue weighted by atomic mass is 10.1. The quantitative estimate of drug-likeness (QED) is 0.528. The Labute approximate surface area is 176 Å². The summed E-state index contributed by atoms with van der Waals surface area (Å²) in [4.78, 5) is 5.22. The van der Waals surface area contributed by atoms with Crippen molar-refractivity contribution in [2.45, 2.75) is 19.3 Å². The van der Waals surface area contributed by atoms with Crippen molar-refractivity contribution in [2.75, 3.05) is 21.3 Å². The molecule has 1 heterocycles. The first-order valence-corrected chi connectivity index (χ1v) is 9.80. The van der Waals surface area contributed by atoms with E-state index >= 15 is 0 Å². The molecule has 30 heavy (non-hydrogen) atoms. The number of nitrogens with one attached hydrogen (secondary N) is 1. The predicted molar refractivity (Wildman–Crippen MR) is 109 cm³/mol. The van der Waals surface area contributed by atoms with Gasteiger partial charge in [0, 0.05) is 30.9 Å². The van der Waals surface area contributed by atoms with Gasteiger partial charge in [-0.15, -0.1) is 11.3 Å². The van der Waals surface area contributed by atoms with Crippen molar-refractivity contribution in [1.29, 1.82) is 0 Å². The van der Waals surface area contributed by atoms with Crippen LogP contribution < -0.4 is 19.5 Å². The fourth-order valence-electron chi connectivity index (χ4n) is 2.99. The molecule has 0 aliphatic rings. The van der Waals surface area contributed by atoms with E-state index in [2.05, 4.69) is 10.3 Å². The summed E-state index contributed by atoms with van der Waals surface area (Å²) in [6, 6.07) is 9.08. The van der Waals surface area contributed by atoms with Crippen LogP contribution in [0.3, 0.4) is 0 Å². The topological polar surface area (TPSA) is 52.6 Å². The van der Waals surface area contributed by atoms with Crippen molar-refractivity contribution in [3.63, 3.8) is 0 Å². The SMILES string of the molecule is COc1cc(OC)c(-c2cnc(CNCc3ccccc3C(F)(F)F)s2)cc1OC. The minimum Gasteiger partial charge on any atom is -0.496 e. The lowest BCUT2D eigenvalue weighted by Gasteiger charge is -2.13. The number of nitrogens with zero attached hydrogens (tertiary/aromatic N) is 1. The highest BCUT2D eigenvalue weighted by Gasteiger charge is 2.32. The van der Waals surface area contributed by atoms with E-state index in [9.17, 15) is 13.2 Å². The lowest BCUT2D eigenvalue weighted by molar-refractivity contribution is -0.138. The molecule has 9 heteroatoms. The summed E-state index contributed by atoms with van der Waals surface area (Å²) in [6.45, 7) is 0.427. The zero-order valence-electron chi connectivity index (χ0n) is 16.7. The highest BCUT2D eigenvalue weighted by molar-refractivity contribution is 7.15. The van der Waals surface area contributed by atoms with Crippen LogP contribution in [0.4, 0.5) is 13.2 Å². The minimum absolute atomic E-state index is 0.0876. The summed E-state index contributed by atoms with van der Waals surface area (Å²) >= 11 is 1.42. The van der Waals surface area contributed by atoms with Crippen molar-refractivity contribution in [2.24, 2.45) is 0 Å². The van der Waals surface area contributed by atoms with Gasteiger partial charge in [-0.05, 0) is 17.7 Å². The first-order chi connectivity index (χ1) is 14.4. The molecule has 0 fully saturated rings. The van der Waals surface area contributed by atoms with Crippen LogP contribution in [0.5, 0.6) is 17.2 Å². The van der Waals surface area contributed by atoms with E-state index in [-0.39, 0.29) is 12.1 Å². The average Bonchev–Trinajstić information content (AvgIpc) is 3.21. The molecule has 0 spiro atoms. The standard InChI is InChI=1S/C21H21F3N2O3S/c1-27-16-9-18(29-3)17(28-2)8-14(16)19-11-26-20(30-19)12-25-10-13-6-4-5-7-15(13)21(22,23)24/h4-9,11,25H,10,12H2,1-3H3. The number of halogens is 3. The van der Waals surface area contributed by atoms with Gasteiger partial charge in [0.05, 0.1) is 31.8 Å². The van der Waals surface area contributed by atoms with Crippen LogP contribution in [0, 0.1) is 0 Å². The van der Waals surface area contributed by atoms with Gasteiger partial charge in [0.1, 0.15) is 10.8 Å². The number of ether oxygens (including phenoxy) is 3. The summed E-state index contributed by atoms with van der Waals surface area (Å²) in [5.41, 5.74) is 0.358. The highest BCUT2D eigenvalue weighted by atomic mass is 32.1. The normalized spacial score (nSPS) is 11.4. The zero-order chi connectivity index (χ0) is 21.7. The second-order valence-corrected chi connectivity index (χ2v) is 7.40. The average molecular weight is 438 g/mol. The molecule has 3 rings (SSSR count). The molecule has 1 N–H and O–H groups in total. The molecular weight excluding hydrogens is 417 g/mol. The van der Waals surface area contributed by atoms with Gasteiger partial charge in [0.25, 0.3) is 0 Å². The van der Waals surface area contributed by atoms with E-state index in [0.717, 1.165) is 21.5 Å². The summed E-state index contributed by atoms with van der Waals surface area (Å²) in [5, 5.41) is 3.78. The Morgan fingerprint density at radius 1 is 0.933 bits per heavy atom. The number of thiazole rings is 1. The van der Waals surface area contributed by atoms with Crippen molar-refractivity contribution in [3.05, 3.63) is 58.7 Å². The second kappa shape index (κ2) is 9.36. The Morgan fingerprint density at radius 3 is 2.27 bits per heavy atom. The van der Waals surface area contributed by atoms with Gasteiger partial charge in [0.2, 0.25) is 0 Å². The van der Waals surface area contributed by atoms with Crippen LogP contribution in [0.2, 0.25) is 0 Å². The summed E-state index contributed by atoms with van der Waals surface area (Å²) < 4.78 is 55.4. The summed E-state index contributed by atoms with van der Waals surface area (Å²) in [7, 11) is 4.66. The number of benzene rings is 2. The largest absolute Gasteiger partial charge is 0.496 e. The Kier molecular flexibility index (Phi) is 6.84. The smallest absolute Gasteiger partial charge is 0.416 e. The third-order valence-corrected chi connectivity index (χ3v) is 5.47. The van der Waals surface area contributed by atoms with Crippen LogP contribution in [-0.4, -0.2) is 26.3 Å². The highest BCUT2D eigenvalue weighted by Crippen LogP contribution is 2.41. The molecule has 0 amide bonds. The molecule has 0 saturated heterocycles. The monoisotopic (exact) mass is 438 g/mol. The van der Waals surface area contributed by atoms with Crippen molar-refractivity contribution in [3.8, 4) is 27.7 Å². The Bertz CT molecular complexity index is 1010. The van der Waals surface area contributed by atoms with Crippen LogP contribution in [-0.2, 0) is 19.3 Å². The Balaban J connectivity index is 1.74. The number of aromatic nitrogens is 1. The minimum atomic E-state index is -4.38. The lowest BCUT2D eigenvalue weighted by Crippen LogP contribution is -2.17. The maximum atomic E-state index is 13.1. The van der Waals surface area contributed by atoms with E-state index in [1.165, 1.54) is 23.5 Å². The molecule has 0 radical (unpaired) electrons. The molecule has 0 unspecified atom stereocenters. The van der Waals surface area contributed by atoms with Gasteiger partial charge in [-0.25, -0.2) is 4.98 Å². The molecular formula is C21H21F3N2O3S. The first kappa shape index (κ1) is 21.9. The van der Waals surface area contributed by atoms with E-state index in [1.807, 2.05) is 6.07 Å². The summed E-state index contributed by atoms with van der Waals surface area (Å²) in [6.07, 6.45) is -2.67. The number of methoxy groups -OCH3 is 3. The van der Waals surface area contributed by atoms with Gasteiger partial charge < -0.3 is 19.5 Å². The molecule has 5 nitrogen and oxygen atoms in total. The number of hydrogen-bond donors (Lipinski definition) is 1. The van der Waals surface area contributed by atoms with Gasteiger partial charge >= 0.3 is 6.18 Å². The predicted octanol–water partition coefficient (Wildman–Crippen LogP) is 5.14. The molecule has 0 aliphatic heterocycles. The Hall–Kier alpha value is -2.78. The first-order valence-electron chi connectivity index (χ1n) is 8.98. The van der Waals surface area contributed by atoms with Crippen LogP contribution in [0.25, 0.3) is 10.4 Å². The third kappa shape index (κ3) is 4.85. The third-order valence-electron chi connectivity index (χ3n) is 4.44. The molecule has 0 saturated carbocycles. The molecule has 1 aromatic heterocycles. The van der Waals surface area contributed by atoms with Crippen molar-refractivity contribution in [1.82, 2.24) is 10.3 Å². The van der Waals surface area contributed by atoms with Crippen molar-refractivity contribution >= 4 is 11.3 Å². The van der Waals surface area contributed by atoms with Crippen LogP contribution in [0.1, 0.15) is 16.1 Å². The second-order valence-electron chi connectivity index (χ2n) is 6.28. The molecule has 3 aromatic rings. The molecule has 160 valence electrons. The van der Waals surface area contributed by atoms with Gasteiger partial charge in [0.15, 0.2) is 11.5 Å². The van der Waals surface area contributed by atoms with Gasteiger partial charge in [-0.1, -0.05) is 18.2 Å². The van der Waals surface area contributed by atoms with E-state index < -0.39 is 11.7 Å². The summed E-state index contributed by atoms with van der Waals surface area (Å²) in [5.74, 6) is 1.72. The number of alkyl halides is 3. The van der Waals surface area contributed by atoms with Gasteiger partial charge in [-0.3, -0.25) is 0 Å². The van der Waals surface area contributed by atoms with Crippen LogP contribution in [0.15, 0.2) is 42.6 Å². The fraction of sp³-hybridized carbons (Fsp3) is 0.286. The fourth-order valence-corrected chi connectivity index (χ4v) is 3.90. The maximum Gasteiger partial charge on any atom is 0.416 e. The van der Waals surface area contributed by atoms with Crippen LogP contribution >= 0.6 is 11.3 Å². The molecule has 2 aromatic carbocycles. The van der Waals surface area contributed by atoms with E-state index in [0.29, 0.717) is 23.8 Å². The number of hydrogen-bond acceptors (Lipinski definition) is 6. The van der Waals surface area contributed by atoms with Gasteiger partial charge in [-0.2, -0.15) is 13.2 Å². The van der Waals surface area contributed by atoms with E-state index in [1.54, 1.807) is 39.7 Å². The molecule has 0 aliphatic carbocycles. The maximum absolute atomic E-state index is 13.1. The zero-order valence-corrected chi connectivity index (χ0v) is 17.5.